The molecule has 2 aromatic carbocycles. The lowest BCUT2D eigenvalue weighted by Gasteiger charge is -2.29. The van der Waals surface area contributed by atoms with Crippen molar-refractivity contribution in [1.82, 2.24) is 24.5 Å². The number of hydrogen-bond acceptors (Lipinski definition) is 5. The van der Waals surface area contributed by atoms with Gasteiger partial charge in [0.25, 0.3) is 5.56 Å². The quantitative estimate of drug-likeness (QED) is 0.404. The van der Waals surface area contributed by atoms with Gasteiger partial charge < -0.3 is 5.11 Å². The van der Waals surface area contributed by atoms with E-state index in [1.807, 2.05) is 18.2 Å². The third kappa shape index (κ3) is 3.58. The van der Waals surface area contributed by atoms with Crippen LogP contribution in [0.4, 0.5) is 0 Å². The summed E-state index contributed by atoms with van der Waals surface area (Å²) in [6.07, 6.45) is 3.07. The average Bonchev–Trinajstić information content (AvgIpc) is 3.27. The number of hydrogen-bond donors (Lipinski definition) is 1. The number of nitrogens with zero attached hydrogens (tertiary/aromatic N) is 5. The molecule has 34 heavy (non-hydrogen) atoms. The number of benzene rings is 2. The first-order valence-electron chi connectivity index (χ1n) is 10.4. The molecule has 0 aliphatic carbocycles. The van der Waals surface area contributed by atoms with E-state index in [0.29, 0.717) is 43.5 Å². The van der Waals surface area contributed by atoms with Crippen molar-refractivity contribution >= 4 is 34.2 Å². The predicted molar refractivity (Wildman–Crippen MR) is 132 cm³/mol. The van der Waals surface area contributed by atoms with Crippen LogP contribution in [0.15, 0.2) is 77.9 Å². The van der Waals surface area contributed by atoms with Crippen LogP contribution >= 0.6 is 23.2 Å². The van der Waals surface area contributed by atoms with Gasteiger partial charge in [-0.05, 0) is 47.0 Å². The molecule has 5 aromatic rings. The van der Waals surface area contributed by atoms with Crippen LogP contribution < -0.4 is 5.56 Å². The van der Waals surface area contributed by atoms with E-state index in [2.05, 4.69) is 15.3 Å². The van der Waals surface area contributed by atoms with E-state index in [1.54, 1.807) is 62.8 Å². The van der Waals surface area contributed by atoms with Crippen molar-refractivity contribution in [2.24, 2.45) is 14.1 Å². The third-order valence-electron chi connectivity index (χ3n) is 5.97. The van der Waals surface area contributed by atoms with Gasteiger partial charge in [0.1, 0.15) is 5.65 Å². The van der Waals surface area contributed by atoms with Gasteiger partial charge in [-0.1, -0.05) is 52.7 Å². The maximum Gasteiger partial charge on any atom is 0.252 e. The van der Waals surface area contributed by atoms with E-state index in [-0.39, 0.29) is 5.56 Å². The molecule has 3 heterocycles. The second-order valence-electron chi connectivity index (χ2n) is 8.02. The van der Waals surface area contributed by atoms with Crippen LogP contribution in [-0.4, -0.2) is 29.7 Å². The number of pyridine rings is 2. The van der Waals surface area contributed by atoms with E-state index in [1.165, 1.54) is 15.4 Å². The Hall–Kier alpha value is -3.52. The summed E-state index contributed by atoms with van der Waals surface area (Å²) in [5.74, 6) is 0. The van der Waals surface area contributed by atoms with Crippen molar-refractivity contribution < 1.29 is 5.11 Å². The topological polar surface area (TPSA) is 85.8 Å². The van der Waals surface area contributed by atoms with Crippen molar-refractivity contribution in [3.05, 3.63) is 110 Å². The SMILES string of the molecule is Cn1nncc1[C@@](O)(c1ccc(Cl)cc1)c1cnc2c(c1)c(-c1cccc(Cl)c1)cc(=O)n2C. The zero-order valence-corrected chi connectivity index (χ0v) is 19.8. The molecule has 0 saturated heterocycles. The molecular weight excluding hydrogens is 473 g/mol. The second kappa shape index (κ2) is 8.36. The minimum absolute atomic E-state index is 0.202. The Kier molecular flexibility index (Phi) is 5.48. The summed E-state index contributed by atoms with van der Waals surface area (Å²) in [7, 11) is 3.37. The summed E-state index contributed by atoms with van der Waals surface area (Å²) in [6, 6.07) is 17.6. The maximum absolute atomic E-state index is 12.7. The predicted octanol–water partition coefficient (Wildman–Crippen LogP) is 4.32. The van der Waals surface area contributed by atoms with E-state index in [0.717, 1.165) is 5.56 Å². The lowest BCUT2D eigenvalue weighted by Crippen LogP contribution is -2.32. The fraction of sp³-hybridized carbons (Fsp3) is 0.120. The maximum atomic E-state index is 12.7. The zero-order valence-electron chi connectivity index (χ0n) is 18.3. The van der Waals surface area contributed by atoms with Gasteiger partial charge in [-0.25, -0.2) is 9.67 Å². The van der Waals surface area contributed by atoms with Crippen molar-refractivity contribution in [2.45, 2.75) is 5.60 Å². The average molecular weight is 492 g/mol. The summed E-state index contributed by atoms with van der Waals surface area (Å²) in [4.78, 5) is 17.3. The lowest BCUT2D eigenvalue weighted by molar-refractivity contribution is 0.116. The van der Waals surface area contributed by atoms with E-state index in [4.69, 9.17) is 23.2 Å². The molecule has 0 fully saturated rings. The van der Waals surface area contributed by atoms with E-state index < -0.39 is 5.60 Å². The molecule has 7 nitrogen and oxygen atoms in total. The Morgan fingerprint density at radius 2 is 1.68 bits per heavy atom. The molecule has 0 radical (unpaired) electrons. The smallest absolute Gasteiger partial charge is 0.252 e. The van der Waals surface area contributed by atoms with Crippen molar-refractivity contribution in [1.29, 1.82) is 0 Å². The molecule has 1 atom stereocenters. The highest BCUT2D eigenvalue weighted by atomic mass is 35.5. The number of aryl methyl sites for hydroxylation is 2. The number of aromatic nitrogens is 5. The molecule has 0 unspecified atom stereocenters. The van der Waals surface area contributed by atoms with E-state index >= 15 is 0 Å². The number of fused-ring (bicyclic) bond motifs is 1. The Bertz CT molecular complexity index is 1590. The molecule has 0 saturated carbocycles. The first-order chi connectivity index (χ1) is 16.3. The molecule has 9 heteroatoms. The summed E-state index contributed by atoms with van der Waals surface area (Å²) in [5, 5.41) is 22.0. The minimum atomic E-state index is -1.63. The van der Waals surface area contributed by atoms with Gasteiger partial charge in [-0.2, -0.15) is 0 Å². The van der Waals surface area contributed by atoms with Crippen molar-refractivity contribution in [3.8, 4) is 11.1 Å². The van der Waals surface area contributed by atoms with Crippen molar-refractivity contribution in [2.75, 3.05) is 0 Å². The van der Waals surface area contributed by atoms with Gasteiger partial charge in [0, 0.05) is 47.4 Å². The van der Waals surface area contributed by atoms with Gasteiger partial charge in [0.15, 0.2) is 5.60 Å². The van der Waals surface area contributed by atoms with Gasteiger partial charge in [-0.3, -0.25) is 9.36 Å². The van der Waals surface area contributed by atoms with Crippen LogP contribution in [-0.2, 0) is 19.7 Å². The van der Waals surface area contributed by atoms with Crippen molar-refractivity contribution in [3.63, 3.8) is 0 Å². The molecule has 0 amide bonds. The Morgan fingerprint density at radius 3 is 2.35 bits per heavy atom. The van der Waals surface area contributed by atoms with Crippen LogP contribution in [0.2, 0.25) is 10.0 Å². The highest BCUT2D eigenvalue weighted by molar-refractivity contribution is 6.31. The van der Waals surface area contributed by atoms with Gasteiger partial charge in [-0.15, -0.1) is 5.10 Å². The lowest BCUT2D eigenvalue weighted by atomic mass is 9.83. The summed E-state index contributed by atoms with van der Waals surface area (Å²) < 4.78 is 2.98. The molecule has 0 aliphatic rings. The van der Waals surface area contributed by atoms with Crippen LogP contribution in [0.1, 0.15) is 16.8 Å². The van der Waals surface area contributed by atoms with Crippen LogP contribution in [0.5, 0.6) is 0 Å². The standard InChI is InChI=1S/C25H19Cl2N5O2/c1-31-23(33)12-20(15-4-3-5-19(27)10-15)21-11-17(13-28-24(21)31)25(34,22-14-29-30-32(22)2)16-6-8-18(26)9-7-16/h3-14,34H,1-2H3/t25-/m1/s1. The zero-order chi connectivity index (χ0) is 24.0. The highest BCUT2D eigenvalue weighted by Crippen LogP contribution is 2.38. The van der Waals surface area contributed by atoms with Crippen LogP contribution in [0.3, 0.4) is 0 Å². The van der Waals surface area contributed by atoms with E-state index in [9.17, 15) is 9.90 Å². The first kappa shape index (κ1) is 22.3. The normalized spacial score (nSPS) is 13.2. The minimum Gasteiger partial charge on any atom is -0.374 e. The monoisotopic (exact) mass is 491 g/mol. The molecule has 3 aromatic heterocycles. The molecular formula is C25H19Cl2N5O2. The third-order valence-corrected chi connectivity index (χ3v) is 6.46. The molecule has 170 valence electrons. The number of rotatable bonds is 4. The number of halogens is 2. The highest BCUT2D eigenvalue weighted by Gasteiger charge is 2.38. The molecule has 0 aliphatic heterocycles. The van der Waals surface area contributed by atoms with Gasteiger partial charge in [0.05, 0.1) is 11.9 Å². The molecule has 5 rings (SSSR count). The summed E-state index contributed by atoms with van der Waals surface area (Å²) in [6.45, 7) is 0. The van der Waals surface area contributed by atoms with Gasteiger partial charge >= 0.3 is 0 Å². The largest absolute Gasteiger partial charge is 0.374 e. The van der Waals surface area contributed by atoms with Crippen LogP contribution in [0, 0.1) is 0 Å². The molecule has 1 N–H and O–H groups in total. The first-order valence-corrected chi connectivity index (χ1v) is 11.1. The second-order valence-corrected chi connectivity index (χ2v) is 8.89. The van der Waals surface area contributed by atoms with Crippen LogP contribution in [0.25, 0.3) is 22.2 Å². The summed E-state index contributed by atoms with van der Waals surface area (Å²) >= 11 is 12.3. The Labute approximate surface area is 204 Å². The molecule has 0 bridgehead atoms. The Balaban J connectivity index is 1.84. The molecule has 0 spiro atoms. The number of aliphatic hydroxyl groups is 1. The van der Waals surface area contributed by atoms with Gasteiger partial charge in [0.2, 0.25) is 0 Å². The Morgan fingerprint density at radius 1 is 0.912 bits per heavy atom. The fourth-order valence-corrected chi connectivity index (χ4v) is 4.51. The fourth-order valence-electron chi connectivity index (χ4n) is 4.19. The summed E-state index contributed by atoms with van der Waals surface area (Å²) in [5.41, 5.74) is 1.57.